The van der Waals surface area contributed by atoms with Crippen LogP contribution in [0.5, 0.6) is 0 Å². The molecule has 1 heterocycles. The van der Waals surface area contributed by atoms with Gasteiger partial charge in [0, 0.05) is 12.7 Å². The highest BCUT2D eigenvalue weighted by molar-refractivity contribution is 5.88. The molecule has 0 bridgehead atoms. The van der Waals surface area contributed by atoms with E-state index in [9.17, 15) is 27.6 Å². The summed E-state index contributed by atoms with van der Waals surface area (Å²) in [5.74, 6) is -2.37. The molecule has 0 aromatic heterocycles. The van der Waals surface area contributed by atoms with Crippen molar-refractivity contribution in [2.75, 3.05) is 13.7 Å². The summed E-state index contributed by atoms with van der Waals surface area (Å²) >= 11 is 0. The van der Waals surface area contributed by atoms with Gasteiger partial charge in [0.05, 0.1) is 25.1 Å². The quantitative estimate of drug-likeness (QED) is 0.404. The molecular weight excluding hydrogens is 557 g/mol. The van der Waals surface area contributed by atoms with E-state index in [1.807, 2.05) is 0 Å². The van der Waals surface area contributed by atoms with Crippen LogP contribution in [0.2, 0.25) is 0 Å². The maximum absolute atomic E-state index is 14.6. The van der Waals surface area contributed by atoms with Crippen LogP contribution in [0.4, 0.5) is 18.0 Å². The van der Waals surface area contributed by atoms with Gasteiger partial charge < -0.3 is 24.3 Å². The van der Waals surface area contributed by atoms with Crippen molar-refractivity contribution in [3.8, 4) is 0 Å². The van der Waals surface area contributed by atoms with E-state index in [0.717, 1.165) is 19.2 Å². The largest absolute Gasteiger partial charge is 0.460 e. The number of nitrogens with one attached hydrogen (secondary N) is 1. The number of ether oxygens (including phenoxy) is 4. The van der Waals surface area contributed by atoms with Crippen LogP contribution in [0.15, 0.2) is 60.7 Å². The average molecular weight is 595 g/mol. The van der Waals surface area contributed by atoms with E-state index in [1.54, 1.807) is 65.0 Å². The standard InChI is InChI=1S/C30H37F3N2O7/c1-27(2,3)42-24(36)17-22(34-25(37)29(39-6,30(31,32)33)21-15-11-8-12-16-21)23-19-41-28(4,5)35(23)26(38)40-18-20-13-9-7-10-14-20/h7-16,22-23H,17-19H2,1-6H3,(H,34,37)/t22-,23-,29+/m0/s1. The van der Waals surface area contributed by atoms with Gasteiger partial charge in [-0.15, -0.1) is 0 Å². The molecule has 0 unspecified atom stereocenters. The van der Waals surface area contributed by atoms with Crippen LogP contribution in [0.3, 0.4) is 0 Å². The molecule has 1 aliphatic rings. The lowest BCUT2D eigenvalue weighted by atomic mass is 9.90. The van der Waals surface area contributed by atoms with E-state index in [0.29, 0.717) is 5.56 Å². The number of hydrogen-bond donors (Lipinski definition) is 1. The number of carbonyl (C=O) groups is 3. The molecule has 9 nitrogen and oxygen atoms in total. The Hall–Kier alpha value is -3.64. The Morgan fingerprint density at radius 2 is 1.60 bits per heavy atom. The molecule has 3 rings (SSSR count). The molecule has 12 heteroatoms. The molecule has 0 radical (unpaired) electrons. The van der Waals surface area contributed by atoms with Gasteiger partial charge in [-0.3, -0.25) is 14.5 Å². The zero-order valence-electron chi connectivity index (χ0n) is 24.5. The van der Waals surface area contributed by atoms with Gasteiger partial charge in [0.15, 0.2) is 0 Å². The van der Waals surface area contributed by atoms with Crippen molar-refractivity contribution >= 4 is 18.0 Å². The Morgan fingerprint density at radius 3 is 2.12 bits per heavy atom. The number of methoxy groups -OCH3 is 1. The van der Waals surface area contributed by atoms with Crippen molar-refractivity contribution in [3.05, 3.63) is 71.8 Å². The molecule has 230 valence electrons. The van der Waals surface area contributed by atoms with E-state index < -0.39 is 65.1 Å². The second-order valence-electron chi connectivity index (χ2n) is 11.4. The molecule has 1 saturated heterocycles. The van der Waals surface area contributed by atoms with Gasteiger partial charge in [-0.25, -0.2) is 4.79 Å². The SMILES string of the molecule is CO[C@@](C(=O)N[C@@H](CC(=O)OC(C)(C)C)[C@@H]1COC(C)(C)N1C(=O)OCc1ccccc1)(c1ccccc1)C(F)(F)F. The van der Waals surface area contributed by atoms with Crippen LogP contribution >= 0.6 is 0 Å². The highest BCUT2D eigenvalue weighted by atomic mass is 19.4. The van der Waals surface area contributed by atoms with Crippen molar-refractivity contribution in [1.29, 1.82) is 0 Å². The molecule has 0 saturated carbocycles. The highest BCUT2D eigenvalue weighted by Crippen LogP contribution is 2.42. The molecule has 3 atom stereocenters. The molecule has 0 aliphatic carbocycles. The molecule has 0 spiro atoms. The number of halogens is 3. The Labute approximate surface area is 243 Å². The predicted molar refractivity (Wildman–Crippen MR) is 146 cm³/mol. The summed E-state index contributed by atoms with van der Waals surface area (Å²) in [6.45, 7) is 7.73. The normalized spacial score (nSPS) is 19.0. The van der Waals surface area contributed by atoms with Crippen molar-refractivity contribution in [2.45, 2.75) is 82.8 Å². The summed E-state index contributed by atoms with van der Waals surface area (Å²) in [5, 5.41) is 2.35. The zero-order valence-corrected chi connectivity index (χ0v) is 24.5. The Balaban J connectivity index is 1.99. The maximum atomic E-state index is 14.6. The van der Waals surface area contributed by atoms with Gasteiger partial charge in [-0.2, -0.15) is 13.2 Å². The number of rotatable bonds is 9. The third kappa shape index (κ3) is 7.40. The van der Waals surface area contributed by atoms with Gasteiger partial charge in [-0.1, -0.05) is 60.7 Å². The fourth-order valence-electron chi connectivity index (χ4n) is 4.81. The van der Waals surface area contributed by atoms with Crippen molar-refractivity contribution < 1.29 is 46.5 Å². The van der Waals surface area contributed by atoms with Crippen LogP contribution in [0, 0.1) is 0 Å². The van der Waals surface area contributed by atoms with Gasteiger partial charge in [0.2, 0.25) is 0 Å². The third-order valence-electron chi connectivity index (χ3n) is 6.71. The van der Waals surface area contributed by atoms with Crippen LogP contribution < -0.4 is 5.32 Å². The summed E-state index contributed by atoms with van der Waals surface area (Å²) in [7, 11) is 0.776. The fourth-order valence-corrected chi connectivity index (χ4v) is 4.81. The number of esters is 1. The van der Waals surface area contributed by atoms with E-state index in [-0.39, 0.29) is 13.2 Å². The summed E-state index contributed by atoms with van der Waals surface area (Å²) in [5.41, 5.74) is -5.37. The molecule has 2 amide bonds. The zero-order chi connectivity index (χ0) is 31.3. The number of benzene rings is 2. The molecular formula is C30H37F3N2O7. The van der Waals surface area contributed by atoms with Crippen molar-refractivity contribution in [3.63, 3.8) is 0 Å². The minimum Gasteiger partial charge on any atom is -0.460 e. The summed E-state index contributed by atoms with van der Waals surface area (Å²) in [6, 6.07) is 12.8. The van der Waals surface area contributed by atoms with Gasteiger partial charge >= 0.3 is 18.2 Å². The first-order chi connectivity index (χ1) is 19.5. The van der Waals surface area contributed by atoms with Crippen molar-refractivity contribution in [2.24, 2.45) is 0 Å². The lowest BCUT2D eigenvalue weighted by molar-refractivity contribution is -0.266. The first-order valence-electron chi connectivity index (χ1n) is 13.4. The number of hydrogen-bond acceptors (Lipinski definition) is 7. The topological polar surface area (TPSA) is 103 Å². The first-order valence-corrected chi connectivity index (χ1v) is 13.4. The monoisotopic (exact) mass is 594 g/mol. The lowest BCUT2D eigenvalue weighted by Gasteiger charge is -2.38. The molecule has 1 aliphatic heterocycles. The molecule has 42 heavy (non-hydrogen) atoms. The second kappa shape index (κ2) is 12.7. The minimum atomic E-state index is -5.19. The average Bonchev–Trinajstić information content (AvgIpc) is 3.21. The van der Waals surface area contributed by atoms with Gasteiger partial charge in [-0.05, 0) is 40.2 Å². The predicted octanol–water partition coefficient (Wildman–Crippen LogP) is 5.08. The van der Waals surface area contributed by atoms with E-state index in [1.165, 1.54) is 23.1 Å². The van der Waals surface area contributed by atoms with Gasteiger partial charge in [0.1, 0.15) is 17.9 Å². The number of alkyl halides is 3. The van der Waals surface area contributed by atoms with E-state index >= 15 is 0 Å². The van der Waals surface area contributed by atoms with Gasteiger partial charge in [0.25, 0.3) is 11.5 Å². The maximum Gasteiger partial charge on any atom is 0.430 e. The Bertz CT molecular complexity index is 1230. The second-order valence-corrected chi connectivity index (χ2v) is 11.4. The lowest BCUT2D eigenvalue weighted by Crippen LogP contribution is -2.62. The highest BCUT2D eigenvalue weighted by Gasteiger charge is 2.63. The van der Waals surface area contributed by atoms with E-state index in [2.05, 4.69) is 5.32 Å². The molecule has 2 aromatic rings. The van der Waals surface area contributed by atoms with Crippen LogP contribution in [-0.2, 0) is 40.7 Å². The van der Waals surface area contributed by atoms with Crippen LogP contribution in [0.25, 0.3) is 0 Å². The molecule has 1 fully saturated rings. The number of nitrogens with zero attached hydrogens (tertiary/aromatic N) is 1. The smallest absolute Gasteiger partial charge is 0.430 e. The number of amides is 2. The van der Waals surface area contributed by atoms with Crippen LogP contribution in [0.1, 0.15) is 52.2 Å². The van der Waals surface area contributed by atoms with Crippen molar-refractivity contribution in [1.82, 2.24) is 10.2 Å². The van der Waals surface area contributed by atoms with E-state index in [4.69, 9.17) is 18.9 Å². The van der Waals surface area contributed by atoms with Crippen LogP contribution in [-0.4, -0.2) is 66.2 Å². The molecule has 2 aromatic carbocycles. The summed E-state index contributed by atoms with van der Waals surface area (Å²) in [6.07, 6.45) is -6.60. The minimum absolute atomic E-state index is 0.0864. The molecule has 1 N–H and O–H groups in total. The first kappa shape index (κ1) is 32.9. The fraction of sp³-hybridized carbons (Fsp3) is 0.500. The Morgan fingerprint density at radius 1 is 1.02 bits per heavy atom. The Kier molecular flexibility index (Phi) is 9.94. The third-order valence-corrected chi connectivity index (χ3v) is 6.71. The number of carbonyl (C=O) groups excluding carboxylic acids is 3. The summed E-state index contributed by atoms with van der Waals surface area (Å²) in [4.78, 5) is 41.1. The summed E-state index contributed by atoms with van der Waals surface area (Å²) < 4.78 is 65.5.